The van der Waals surface area contributed by atoms with Gasteiger partial charge in [-0.2, -0.15) is 0 Å². The maximum atomic E-state index is 5.91. The third kappa shape index (κ3) is 3.70. The molecule has 3 aromatic rings. The molecule has 0 saturated heterocycles. The van der Waals surface area contributed by atoms with Gasteiger partial charge in [-0.1, -0.05) is 6.07 Å². The summed E-state index contributed by atoms with van der Waals surface area (Å²) in [5.41, 5.74) is 12.7. The van der Waals surface area contributed by atoms with E-state index >= 15 is 0 Å². The number of rotatable bonds is 4. The Morgan fingerprint density at radius 2 is 1.17 bits per heavy atom. The topological polar surface area (TPSA) is 70.5 Å². The van der Waals surface area contributed by atoms with E-state index in [4.69, 9.17) is 20.9 Å². The monoisotopic (exact) mass is 324 g/mol. The highest BCUT2D eigenvalue weighted by atomic mass is 32.1. The summed E-state index contributed by atoms with van der Waals surface area (Å²) in [5.74, 6) is 2.43. The van der Waals surface area contributed by atoms with Crippen molar-refractivity contribution >= 4 is 24.0 Å². The molecule has 0 unspecified atom stereocenters. The van der Waals surface area contributed by atoms with Crippen LogP contribution >= 0.6 is 12.6 Å². The fraction of sp³-hybridized carbons (Fsp3) is 0. The number of nitrogens with two attached hydrogens (primary N) is 2. The number of hydrogen-bond acceptors (Lipinski definition) is 5. The van der Waals surface area contributed by atoms with Gasteiger partial charge in [0, 0.05) is 11.4 Å². The van der Waals surface area contributed by atoms with E-state index < -0.39 is 0 Å². The number of para-hydroxylation sites is 1. The minimum absolute atomic E-state index is 0.539. The summed E-state index contributed by atoms with van der Waals surface area (Å²) in [6.07, 6.45) is 0. The minimum atomic E-state index is 0.539. The highest BCUT2D eigenvalue weighted by Crippen LogP contribution is 2.39. The van der Waals surface area contributed by atoms with E-state index in [0.29, 0.717) is 39.3 Å². The van der Waals surface area contributed by atoms with Gasteiger partial charge < -0.3 is 20.9 Å². The van der Waals surface area contributed by atoms with Crippen LogP contribution in [-0.4, -0.2) is 0 Å². The number of ether oxygens (including phenoxy) is 2. The molecule has 4 nitrogen and oxygen atoms in total. The molecule has 0 heterocycles. The molecule has 0 fully saturated rings. The van der Waals surface area contributed by atoms with Gasteiger partial charge in [-0.15, -0.1) is 12.6 Å². The van der Waals surface area contributed by atoms with E-state index in [-0.39, 0.29) is 0 Å². The van der Waals surface area contributed by atoms with Crippen LogP contribution in [0.15, 0.2) is 71.6 Å². The van der Waals surface area contributed by atoms with Gasteiger partial charge in [-0.05, 0) is 60.7 Å². The lowest BCUT2D eigenvalue weighted by Gasteiger charge is -2.14. The van der Waals surface area contributed by atoms with Crippen molar-refractivity contribution in [2.24, 2.45) is 0 Å². The summed E-state index contributed by atoms with van der Waals surface area (Å²) in [4.78, 5) is 0.676. The van der Waals surface area contributed by atoms with Crippen molar-refractivity contribution in [1.82, 2.24) is 0 Å². The molecule has 3 aromatic carbocycles. The lowest BCUT2D eigenvalue weighted by Crippen LogP contribution is -1.93. The second kappa shape index (κ2) is 6.54. The summed E-state index contributed by atoms with van der Waals surface area (Å²) in [5, 5.41) is 0. The molecule has 5 heteroatoms. The van der Waals surface area contributed by atoms with Gasteiger partial charge in [0.05, 0.1) is 4.90 Å². The number of thiol groups is 1. The average molecular weight is 324 g/mol. The van der Waals surface area contributed by atoms with E-state index in [9.17, 15) is 0 Å². The van der Waals surface area contributed by atoms with Gasteiger partial charge >= 0.3 is 0 Å². The molecule has 0 atom stereocenters. The van der Waals surface area contributed by atoms with Crippen LogP contribution in [-0.2, 0) is 0 Å². The average Bonchev–Trinajstić information content (AvgIpc) is 2.55. The number of nitrogen functional groups attached to an aromatic ring is 2. The smallest absolute Gasteiger partial charge is 0.183 e. The molecule has 0 bridgehead atoms. The molecular weight excluding hydrogens is 308 g/mol. The van der Waals surface area contributed by atoms with Crippen LogP contribution < -0.4 is 20.9 Å². The van der Waals surface area contributed by atoms with Crippen molar-refractivity contribution in [2.75, 3.05) is 11.5 Å². The molecule has 0 aromatic heterocycles. The van der Waals surface area contributed by atoms with Gasteiger partial charge in [0.1, 0.15) is 11.5 Å². The van der Waals surface area contributed by atoms with Crippen LogP contribution in [0.4, 0.5) is 11.4 Å². The van der Waals surface area contributed by atoms with Crippen molar-refractivity contribution in [1.29, 1.82) is 0 Å². The van der Waals surface area contributed by atoms with Crippen molar-refractivity contribution in [3.8, 4) is 23.0 Å². The van der Waals surface area contributed by atoms with Crippen molar-refractivity contribution in [3.05, 3.63) is 66.7 Å². The summed E-state index contributed by atoms with van der Waals surface area (Å²) < 4.78 is 11.8. The van der Waals surface area contributed by atoms with Crippen LogP contribution in [0.2, 0.25) is 0 Å². The second-order valence-electron chi connectivity index (χ2n) is 4.95. The van der Waals surface area contributed by atoms with Crippen LogP contribution in [0.5, 0.6) is 23.0 Å². The zero-order chi connectivity index (χ0) is 16.2. The zero-order valence-electron chi connectivity index (χ0n) is 12.3. The molecule has 116 valence electrons. The third-order valence-corrected chi connectivity index (χ3v) is 3.52. The fourth-order valence-electron chi connectivity index (χ4n) is 2.00. The molecule has 0 aliphatic carbocycles. The van der Waals surface area contributed by atoms with Gasteiger partial charge in [-0.3, -0.25) is 0 Å². The first kappa shape index (κ1) is 15.1. The van der Waals surface area contributed by atoms with Crippen molar-refractivity contribution < 1.29 is 9.47 Å². The Balaban J connectivity index is 1.90. The molecule has 0 saturated carbocycles. The van der Waals surface area contributed by atoms with E-state index in [0.717, 1.165) is 0 Å². The number of anilines is 2. The van der Waals surface area contributed by atoms with Crippen LogP contribution in [0.3, 0.4) is 0 Å². The Labute approximate surface area is 140 Å². The van der Waals surface area contributed by atoms with E-state index in [1.54, 1.807) is 48.5 Å². The number of benzene rings is 3. The third-order valence-electron chi connectivity index (χ3n) is 3.17. The Morgan fingerprint density at radius 3 is 1.74 bits per heavy atom. The summed E-state index contributed by atoms with van der Waals surface area (Å²) in [6, 6.07) is 19.8. The standard InChI is InChI=1S/C18H16N2O2S/c19-12-4-8-14(9-5-12)21-16-2-1-3-17(23)18(16)22-15-10-6-13(20)7-11-15/h1-11,23H,19-20H2. The maximum Gasteiger partial charge on any atom is 0.183 e. The highest BCUT2D eigenvalue weighted by Gasteiger charge is 2.11. The largest absolute Gasteiger partial charge is 0.453 e. The maximum absolute atomic E-state index is 5.91. The molecule has 0 aliphatic rings. The zero-order valence-corrected chi connectivity index (χ0v) is 13.2. The Morgan fingerprint density at radius 1 is 0.652 bits per heavy atom. The van der Waals surface area contributed by atoms with Gasteiger partial charge in [0.25, 0.3) is 0 Å². The molecule has 23 heavy (non-hydrogen) atoms. The number of hydrogen-bond donors (Lipinski definition) is 3. The highest BCUT2D eigenvalue weighted by molar-refractivity contribution is 7.80. The molecule has 0 radical (unpaired) electrons. The second-order valence-corrected chi connectivity index (χ2v) is 5.43. The molecule has 0 aliphatic heterocycles. The van der Waals surface area contributed by atoms with Crippen LogP contribution in [0.1, 0.15) is 0 Å². The molecule has 0 amide bonds. The van der Waals surface area contributed by atoms with E-state index in [2.05, 4.69) is 12.6 Å². The van der Waals surface area contributed by atoms with Gasteiger partial charge in [-0.25, -0.2) is 0 Å². The first-order chi connectivity index (χ1) is 11.1. The molecule has 0 spiro atoms. The van der Waals surface area contributed by atoms with E-state index in [1.807, 2.05) is 18.2 Å². The van der Waals surface area contributed by atoms with Crippen LogP contribution in [0.25, 0.3) is 0 Å². The first-order valence-corrected chi connectivity index (χ1v) is 7.45. The SMILES string of the molecule is Nc1ccc(Oc2cccc(S)c2Oc2ccc(N)cc2)cc1. The molecular formula is C18H16N2O2S. The lowest BCUT2D eigenvalue weighted by molar-refractivity contribution is 0.411. The normalized spacial score (nSPS) is 10.3. The lowest BCUT2D eigenvalue weighted by atomic mass is 10.3. The van der Waals surface area contributed by atoms with Crippen LogP contribution in [0, 0.1) is 0 Å². The Kier molecular flexibility index (Phi) is 4.30. The Hall–Kier alpha value is -2.79. The quantitative estimate of drug-likeness (QED) is 0.479. The predicted molar refractivity (Wildman–Crippen MR) is 95.6 cm³/mol. The molecule has 4 N–H and O–H groups in total. The summed E-state index contributed by atoms with van der Waals surface area (Å²) in [7, 11) is 0. The van der Waals surface area contributed by atoms with Gasteiger partial charge in [0.2, 0.25) is 0 Å². The first-order valence-electron chi connectivity index (χ1n) is 7.00. The molecule has 3 rings (SSSR count). The summed E-state index contributed by atoms with van der Waals surface area (Å²) in [6.45, 7) is 0. The predicted octanol–water partition coefficient (Wildman–Crippen LogP) is 4.72. The fourth-order valence-corrected chi connectivity index (χ4v) is 2.25. The summed E-state index contributed by atoms with van der Waals surface area (Å²) >= 11 is 4.45. The van der Waals surface area contributed by atoms with Crippen molar-refractivity contribution in [2.45, 2.75) is 4.90 Å². The Bertz CT molecular complexity index is 802. The van der Waals surface area contributed by atoms with E-state index in [1.165, 1.54) is 0 Å². The minimum Gasteiger partial charge on any atom is -0.453 e. The van der Waals surface area contributed by atoms with Crippen molar-refractivity contribution in [3.63, 3.8) is 0 Å². The van der Waals surface area contributed by atoms with Gasteiger partial charge in [0.15, 0.2) is 11.5 Å².